The van der Waals surface area contributed by atoms with Crippen LogP contribution in [0.3, 0.4) is 0 Å². The number of amides is 1. The second-order valence-electron chi connectivity index (χ2n) is 10.0. The molecular formula is C26H30Cl2F3N3O3S. The van der Waals surface area contributed by atoms with Crippen molar-refractivity contribution in [2.75, 3.05) is 45.2 Å². The van der Waals surface area contributed by atoms with Crippen molar-refractivity contribution < 1.29 is 26.4 Å². The van der Waals surface area contributed by atoms with Crippen molar-refractivity contribution in [3.05, 3.63) is 57.6 Å². The Balaban J connectivity index is 1.37. The van der Waals surface area contributed by atoms with Gasteiger partial charge in [-0.2, -0.15) is 17.5 Å². The van der Waals surface area contributed by atoms with E-state index in [-0.39, 0.29) is 19.0 Å². The first-order chi connectivity index (χ1) is 17.8. The Morgan fingerprint density at radius 2 is 1.50 bits per heavy atom. The highest BCUT2D eigenvalue weighted by atomic mass is 35.5. The van der Waals surface area contributed by atoms with Crippen LogP contribution in [-0.4, -0.2) is 63.8 Å². The van der Waals surface area contributed by atoms with Gasteiger partial charge in [0.1, 0.15) is 4.90 Å². The lowest BCUT2D eigenvalue weighted by Gasteiger charge is -2.40. The molecule has 0 spiro atoms. The fraction of sp³-hybridized carbons (Fsp3) is 0.500. The Hall–Kier alpha value is -2.01. The van der Waals surface area contributed by atoms with Crippen molar-refractivity contribution in [1.82, 2.24) is 9.21 Å². The van der Waals surface area contributed by atoms with Crippen LogP contribution >= 0.6 is 23.2 Å². The van der Waals surface area contributed by atoms with Crippen LogP contribution in [-0.2, 0) is 16.2 Å². The molecule has 0 N–H and O–H groups in total. The number of sulfonamides is 1. The van der Waals surface area contributed by atoms with Gasteiger partial charge in [0, 0.05) is 46.0 Å². The highest BCUT2D eigenvalue weighted by molar-refractivity contribution is 7.89. The minimum absolute atomic E-state index is 0.155. The van der Waals surface area contributed by atoms with Gasteiger partial charge < -0.3 is 9.80 Å². The van der Waals surface area contributed by atoms with E-state index in [0.717, 1.165) is 48.1 Å². The van der Waals surface area contributed by atoms with Gasteiger partial charge in [0.05, 0.1) is 21.2 Å². The van der Waals surface area contributed by atoms with E-state index in [1.807, 2.05) is 12.1 Å². The van der Waals surface area contributed by atoms with E-state index in [2.05, 4.69) is 4.90 Å². The third-order valence-corrected chi connectivity index (χ3v) is 10.3. The van der Waals surface area contributed by atoms with Gasteiger partial charge in [-0.15, -0.1) is 0 Å². The summed E-state index contributed by atoms with van der Waals surface area (Å²) in [6.07, 6.45) is -1.83. The standard InChI is InChI=1S/C26H30Cl2F3N3O3S/c1-32(2)25(35)20-7-6-19(16-23(20)28)33-12-8-17(9-13-33)18-10-14-34(15-11-18)38(36,37)24-21(26(29,30)31)4-3-5-22(24)27/h3-7,16-18H,8-15H2,1-2H3. The van der Waals surface area contributed by atoms with E-state index in [1.165, 1.54) is 11.0 Å². The second kappa shape index (κ2) is 11.2. The molecule has 2 saturated heterocycles. The summed E-state index contributed by atoms with van der Waals surface area (Å²) < 4.78 is 68.1. The molecule has 1 amide bonds. The Kier molecular flexibility index (Phi) is 8.57. The van der Waals surface area contributed by atoms with Gasteiger partial charge in [0.25, 0.3) is 5.91 Å². The molecule has 38 heavy (non-hydrogen) atoms. The molecule has 0 aliphatic carbocycles. The predicted octanol–water partition coefficient (Wildman–Crippen LogP) is 6.03. The van der Waals surface area contributed by atoms with Crippen LogP contribution in [0.15, 0.2) is 41.3 Å². The van der Waals surface area contributed by atoms with E-state index in [1.54, 1.807) is 20.2 Å². The lowest BCUT2D eigenvalue weighted by molar-refractivity contribution is -0.139. The third kappa shape index (κ3) is 5.93. The topological polar surface area (TPSA) is 60.9 Å². The molecule has 0 unspecified atom stereocenters. The van der Waals surface area contributed by atoms with Gasteiger partial charge in [0.2, 0.25) is 10.0 Å². The van der Waals surface area contributed by atoms with Gasteiger partial charge in [-0.3, -0.25) is 4.79 Å². The number of hydrogen-bond acceptors (Lipinski definition) is 4. The molecule has 0 bridgehead atoms. The molecule has 0 saturated carbocycles. The normalized spacial score (nSPS) is 18.6. The summed E-state index contributed by atoms with van der Waals surface area (Å²) in [6, 6.07) is 8.48. The number of piperidine rings is 2. The molecule has 4 rings (SSSR count). The van der Waals surface area contributed by atoms with E-state index in [0.29, 0.717) is 35.3 Å². The number of alkyl halides is 3. The second-order valence-corrected chi connectivity index (χ2v) is 12.7. The van der Waals surface area contributed by atoms with Crippen molar-refractivity contribution in [2.24, 2.45) is 11.8 Å². The van der Waals surface area contributed by atoms with Crippen LogP contribution in [0.4, 0.5) is 18.9 Å². The average Bonchev–Trinajstić information content (AvgIpc) is 2.87. The maximum absolute atomic E-state index is 13.5. The van der Waals surface area contributed by atoms with Crippen LogP contribution in [0.1, 0.15) is 41.6 Å². The molecule has 2 heterocycles. The fourth-order valence-corrected chi connectivity index (χ4v) is 7.90. The quantitative estimate of drug-likeness (QED) is 0.426. The summed E-state index contributed by atoms with van der Waals surface area (Å²) in [7, 11) is -1.04. The number of carbonyl (C=O) groups excluding carboxylic acids is 1. The smallest absolute Gasteiger partial charge is 0.371 e. The fourth-order valence-electron chi connectivity index (χ4n) is 5.45. The molecule has 2 fully saturated rings. The number of rotatable bonds is 5. The molecule has 2 aromatic carbocycles. The summed E-state index contributed by atoms with van der Waals surface area (Å²) in [6.45, 7) is 1.92. The predicted molar refractivity (Wildman–Crippen MR) is 142 cm³/mol. The minimum Gasteiger partial charge on any atom is -0.371 e. The number of nitrogens with zero attached hydrogens (tertiary/aromatic N) is 3. The highest BCUT2D eigenvalue weighted by Gasteiger charge is 2.42. The van der Waals surface area contributed by atoms with Gasteiger partial charge in [-0.25, -0.2) is 8.42 Å². The largest absolute Gasteiger partial charge is 0.417 e. The summed E-state index contributed by atoms with van der Waals surface area (Å²) in [5.41, 5.74) is 0.166. The molecule has 0 atom stereocenters. The molecule has 2 aliphatic heterocycles. The SMILES string of the molecule is CN(C)C(=O)c1ccc(N2CCC(C3CCN(S(=O)(=O)c4c(Cl)cccc4C(F)(F)F)CC3)CC2)cc1Cl. The Bertz CT molecular complexity index is 1290. The summed E-state index contributed by atoms with van der Waals surface area (Å²) in [4.78, 5) is 15.1. The summed E-state index contributed by atoms with van der Waals surface area (Å²) in [5.74, 6) is 0.533. The molecule has 6 nitrogen and oxygen atoms in total. The first-order valence-electron chi connectivity index (χ1n) is 12.4. The zero-order valence-corrected chi connectivity index (χ0v) is 23.5. The highest BCUT2D eigenvalue weighted by Crippen LogP contribution is 2.41. The van der Waals surface area contributed by atoms with Crippen molar-refractivity contribution >= 4 is 44.8 Å². The number of halogens is 5. The molecule has 208 valence electrons. The van der Waals surface area contributed by atoms with Crippen molar-refractivity contribution in [2.45, 2.75) is 36.8 Å². The zero-order valence-electron chi connectivity index (χ0n) is 21.1. The summed E-state index contributed by atoms with van der Waals surface area (Å²) >= 11 is 12.3. The molecule has 2 aliphatic rings. The van der Waals surface area contributed by atoms with Crippen LogP contribution in [0.25, 0.3) is 0 Å². The molecule has 12 heteroatoms. The van der Waals surface area contributed by atoms with Crippen molar-refractivity contribution in [3.63, 3.8) is 0 Å². The maximum atomic E-state index is 13.5. The third-order valence-electron chi connectivity index (χ3n) is 7.53. The number of benzene rings is 2. The average molecular weight is 593 g/mol. The maximum Gasteiger partial charge on any atom is 0.417 e. The van der Waals surface area contributed by atoms with Gasteiger partial charge in [0.15, 0.2) is 0 Å². The van der Waals surface area contributed by atoms with E-state index in [9.17, 15) is 26.4 Å². The minimum atomic E-state index is -4.83. The number of anilines is 1. The Morgan fingerprint density at radius 3 is 2.03 bits per heavy atom. The van der Waals surface area contributed by atoms with E-state index >= 15 is 0 Å². The van der Waals surface area contributed by atoms with Crippen LogP contribution in [0.5, 0.6) is 0 Å². The lowest BCUT2D eigenvalue weighted by Crippen LogP contribution is -2.43. The van der Waals surface area contributed by atoms with Crippen molar-refractivity contribution in [3.8, 4) is 0 Å². The first kappa shape index (κ1) is 29.0. The van der Waals surface area contributed by atoms with Gasteiger partial charge in [-0.1, -0.05) is 29.3 Å². The Morgan fingerprint density at radius 1 is 0.921 bits per heavy atom. The first-order valence-corrected chi connectivity index (χ1v) is 14.6. The van der Waals surface area contributed by atoms with Crippen LogP contribution < -0.4 is 4.90 Å². The zero-order chi connectivity index (χ0) is 27.8. The van der Waals surface area contributed by atoms with Crippen LogP contribution in [0, 0.1) is 11.8 Å². The Labute approximate surface area is 231 Å². The van der Waals surface area contributed by atoms with Gasteiger partial charge in [-0.05, 0) is 67.9 Å². The lowest BCUT2D eigenvalue weighted by atomic mass is 9.79. The molecule has 0 radical (unpaired) electrons. The monoisotopic (exact) mass is 591 g/mol. The number of hydrogen-bond donors (Lipinski definition) is 0. The molecule has 0 aromatic heterocycles. The van der Waals surface area contributed by atoms with E-state index < -0.39 is 31.7 Å². The number of carbonyl (C=O) groups is 1. The molecular weight excluding hydrogens is 562 g/mol. The molecule has 2 aromatic rings. The van der Waals surface area contributed by atoms with Crippen LogP contribution in [0.2, 0.25) is 10.0 Å². The van der Waals surface area contributed by atoms with Crippen molar-refractivity contribution in [1.29, 1.82) is 0 Å². The van der Waals surface area contributed by atoms with Gasteiger partial charge >= 0.3 is 6.18 Å². The van der Waals surface area contributed by atoms with E-state index in [4.69, 9.17) is 23.2 Å². The summed E-state index contributed by atoms with van der Waals surface area (Å²) in [5, 5.41) is -0.0161.